The molecule has 3 heteroatoms. The van der Waals surface area contributed by atoms with Crippen LogP contribution in [0.3, 0.4) is 0 Å². The monoisotopic (exact) mass is 226 g/mol. The molecule has 0 saturated carbocycles. The molecule has 0 radical (unpaired) electrons. The standard InChI is InChI=1S/C12H22N2S/c1-3-7-14(8-4-2)10-12-6-5-11(9-13)15-12/h5-6H,3-4,7-10,13H2,1-2H3. The second-order valence-corrected chi connectivity index (χ2v) is 5.10. The fourth-order valence-corrected chi connectivity index (χ4v) is 2.68. The Morgan fingerprint density at radius 1 is 1.13 bits per heavy atom. The highest BCUT2D eigenvalue weighted by Crippen LogP contribution is 2.18. The predicted octanol–water partition coefficient (Wildman–Crippen LogP) is 2.83. The van der Waals surface area contributed by atoms with Crippen LogP contribution in [0.25, 0.3) is 0 Å². The molecule has 1 aromatic rings. The normalized spacial score (nSPS) is 11.2. The summed E-state index contributed by atoms with van der Waals surface area (Å²) in [6.45, 7) is 8.64. The third-order valence-electron chi connectivity index (χ3n) is 2.38. The third-order valence-corrected chi connectivity index (χ3v) is 3.47. The van der Waals surface area contributed by atoms with Crippen molar-refractivity contribution in [3.63, 3.8) is 0 Å². The first-order valence-electron chi connectivity index (χ1n) is 5.80. The van der Waals surface area contributed by atoms with Crippen LogP contribution in [0.1, 0.15) is 36.4 Å². The Hall–Kier alpha value is -0.380. The molecule has 0 saturated heterocycles. The van der Waals surface area contributed by atoms with Crippen molar-refractivity contribution < 1.29 is 0 Å². The highest BCUT2D eigenvalue weighted by atomic mass is 32.1. The molecule has 1 aromatic heterocycles. The van der Waals surface area contributed by atoms with Gasteiger partial charge in [-0.2, -0.15) is 0 Å². The Morgan fingerprint density at radius 3 is 2.20 bits per heavy atom. The van der Waals surface area contributed by atoms with Gasteiger partial charge in [-0.15, -0.1) is 11.3 Å². The lowest BCUT2D eigenvalue weighted by molar-refractivity contribution is 0.269. The summed E-state index contributed by atoms with van der Waals surface area (Å²) in [5.41, 5.74) is 5.61. The second-order valence-electron chi connectivity index (χ2n) is 3.85. The zero-order chi connectivity index (χ0) is 11.1. The number of nitrogens with zero attached hydrogens (tertiary/aromatic N) is 1. The summed E-state index contributed by atoms with van der Waals surface area (Å²) in [5, 5.41) is 0. The molecule has 0 atom stereocenters. The van der Waals surface area contributed by atoms with E-state index in [1.807, 2.05) is 11.3 Å². The van der Waals surface area contributed by atoms with Gasteiger partial charge >= 0.3 is 0 Å². The summed E-state index contributed by atoms with van der Waals surface area (Å²) in [5.74, 6) is 0. The van der Waals surface area contributed by atoms with Crippen molar-refractivity contribution in [1.82, 2.24) is 4.90 Å². The Kier molecular flexibility index (Phi) is 5.91. The summed E-state index contributed by atoms with van der Waals surface area (Å²) in [6.07, 6.45) is 2.46. The third kappa shape index (κ3) is 4.33. The molecule has 0 aliphatic heterocycles. The van der Waals surface area contributed by atoms with Crippen LogP contribution in [-0.4, -0.2) is 18.0 Å². The minimum Gasteiger partial charge on any atom is -0.326 e. The average Bonchev–Trinajstić information content (AvgIpc) is 2.66. The molecular formula is C12H22N2S. The zero-order valence-corrected chi connectivity index (χ0v) is 10.6. The summed E-state index contributed by atoms with van der Waals surface area (Å²) < 4.78 is 0. The maximum absolute atomic E-state index is 5.61. The van der Waals surface area contributed by atoms with E-state index in [0.717, 1.165) is 6.54 Å². The fraction of sp³-hybridized carbons (Fsp3) is 0.667. The van der Waals surface area contributed by atoms with E-state index in [4.69, 9.17) is 5.73 Å². The van der Waals surface area contributed by atoms with E-state index in [2.05, 4.69) is 30.9 Å². The van der Waals surface area contributed by atoms with E-state index in [0.29, 0.717) is 6.54 Å². The van der Waals surface area contributed by atoms with Gasteiger partial charge in [-0.25, -0.2) is 0 Å². The van der Waals surface area contributed by atoms with Crippen molar-refractivity contribution in [1.29, 1.82) is 0 Å². The maximum Gasteiger partial charge on any atom is 0.0328 e. The fourth-order valence-electron chi connectivity index (χ4n) is 1.74. The van der Waals surface area contributed by atoms with Crippen LogP contribution in [0, 0.1) is 0 Å². The van der Waals surface area contributed by atoms with Crippen molar-refractivity contribution in [2.75, 3.05) is 13.1 Å². The quantitative estimate of drug-likeness (QED) is 0.774. The molecule has 2 N–H and O–H groups in total. The van der Waals surface area contributed by atoms with Crippen LogP contribution in [-0.2, 0) is 13.1 Å². The average molecular weight is 226 g/mol. The summed E-state index contributed by atoms with van der Waals surface area (Å²) in [4.78, 5) is 5.25. The minimum absolute atomic E-state index is 0.673. The van der Waals surface area contributed by atoms with Gasteiger partial charge in [-0.3, -0.25) is 4.90 Å². The summed E-state index contributed by atoms with van der Waals surface area (Å²) >= 11 is 1.85. The Bertz CT molecular complexity index is 264. The van der Waals surface area contributed by atoms with E-state index in [-0.39, 0.29) is 0 Å². The van der Waals surface area contributed by atoms with E-state index in [1.54, 1.807) is 0 Å². The first-order chi connectivity index (χ1) is 7.30. The molecule has 2 nitrogen and oxygen atoms in total. The summed E-state index contributed by atoms with van der Waals surface area (Å²) in [6, 6.07) is 4.36. The molecule has 0 spiro atoms. The number of nitrogens with two attached hydrogens (primary N) is 1. The van der Waals surface area contributed by atoms with Gasteiger partial charge in [-0.1, -0.05) is 13.8 Å². The molecule has 1 rings (SSSR count). The molecule has 86 valence electrons. The number of rotatable bonds is 7. The lowest BCUT2D eigenvalue weighted by atomic mass is 10.3. The van der Waals surface area contributed by atoms with Crippen LogP contribution >= 0.6 is 11.3 Å². The molecule has 0 unspecified atom stereocenters. The van der Waals surface area contributed by atoms with E-state index in [9.17, 15) is 0 Å². The van der Waals surface area contributed by atoms with E-state index in [1.165, 1.54) is 35.7 Å². The van der Waals surface area contributed by atoms with Crippen molar-refractivity contribution in [3.8, 4) is 0 Å². The van der Waals surface area contributed by atoms with Gasteiger partial charge < -0.3 is 5.73 Å². The van der Waals surface area contributed by atoms with Crippen LogP contribution in [0.5, 0.6) is 0 Å². The van der Waals surface area contributed by atoms with E-state index < -0.39 is 0 Å². The Morgan fingerprint density at radius 2 is 1.73 bits per heavy atom. The number of hydrogen-bond donors (Lipinski definition) is 1. The van der Waals surface area contributed by atoms with Gasteiger partial charge in [0.05, 0.1) is 0 Å². The highest BCUT2D eigenvalue weighted by molar-refractivity contribution is 7.11. The molecule has 15 heavy (non-hydrogen) atoms. The van der Waals surface area contributed by atoms with Crippen molar-refractivity contribution in [2.24, 2.45) is 5.73 Å². The molecule has 0 amide bonds. The molecule has 0 aromatic carbocycles. The predicted molar refractivity (Wildman–Crippen MR) is 68.1 cm³/mol. The zero-order valence-electron chi connectivity index (χ0n) is 9.83. The molecule has 0 aliphatic carbocycles. The largest absolute Gasteiger partial charge is 0.326 e. The molecule has 0 aliphatic rings. The minimum atomic E-state index is 0.673. The second kappa shape index (κ2) is 6.99. The van der Waals surface area contributed by atoms with Crippen LogP contribution in [0.15, 0.2) is 12.1 Å². The first kappa shape index (κ1) is 12.7. The SMILES string of the molecule is CCCN(CCC)Cc1ccc(CN)s1. The van der Waals surface area contributed by atoms with Crippen molar-refractivity contribution in [3.05, 3.63) is 21.9 Å². The van der Waals surface area contributed by atoms with Crippen molar-refractivity contribution in [2.45, 2.75) is 39.8 Å². The number of hydrogen-bond acceptors (Lipinski definition) is 3. The molecule has 0 bridgehead atoms. The van der Waals surface area contributed by atoms with Gasteiger partial charge in [0.2, 0.25) is 0 Å². The van der Waals surface area contributed by atoms with Gasteiger partial charge in [0.25, 0.3) is 0 Å². The van der Waals surface area contributed by atoms with Crippen LogP contribution in [0.2, 0.25) is 0 Å². The number of thiophene rings is 1. The van der Waals surface area contributed by atoms with Gasteiger partial charge in [0, 0.05) is 22.8 Å². The molecule has 0 fully saturated rings. The Balaban J connectivity index is 2.48. The molecular weight excluding hydrogens is 204 g/mol. The van der Waals surface area contributed by atoms with Crippen LogP contribution in [0.4, 0.5) is 0 Å². The Labute approximate surface area is 97.1 Å². The van der Waals surface area contributed by atoms with Crippen LogP contribution < -0.4 is 5.73 Å². The smallest absolute Gasteiger partial charge is 0.0328 e. The lowest BCUT2D eigenvalue weighted by Gasteiger charge is -2.19. The highest BCUT2D eigenvalue weighted by Gasteiger charge is 2.05. The lowest BCUT2D eigenvalue weighted by Crippen LogP contribution is -2.24. The first-order valence-corrected chi connectivity index (χ1v) is 6.61. The van der Waals surface area contributed by atoms with Gasteiger partial charge in [0.1, 0.15) is 0 Å². The molecule has 1 heterocycles. The van der Waals surface area contributed by atoms with Gasteiger partial charge in [-0.05, 0) is 38.1 Å². The van der Waals surface area contributed by atoms with Gasteiger partial charge in [0.15, 0.2) is 0 Å². The maximum atomic E-state index is 5.61. The topological polar surface area (TPSA) is 29.3 Å². The summed E-state index contributed by atoms with van der Waals surface area (Å²) in [7, 11) is 0. The van der Waals surface area contributed by atoms with Crippen molar-refractivity contribution >= 4 is 11.3 Å². The van der Waals surface area contributed by atoms with E-state index >= 15 is 0 Å².